The Hall–Kier alpha value is -1.07. The number of benzene rings is 1. The van der Waals surface area contributed by atoms with Crippen LogP contribution in [-0.4, -0.2) is 0 Å². The summed E-state index contributed by atoms with van der Waals surface area (Å²) in [6.45, 7) is 2.13. The number of hydrogen-bond donors (Lipinski definition) is 2. The fraction of sp³-hybridized carbons (Fsp3) is 0.571. The summed E-state index contributed by atoms with van der Waals surface area (Å²) in [5, 5.41) is 0. The molecule has 0 aliphatic rings. The zero-order valence-corrected chi connectivity index (χ0v) is 11.1. The topological polar surface area (TPSA) is 38.0 Å². The molecule has 0 bridgehead atoms. The first kappa shape index (κ1) is 16.0. The summed E-state index contributed by atoms with van der Waals surface area (Å²) in [7, 11) is 0. The van der Waals surface area contributed by atoms with Crippen LogP contribution in [0.25, 0.3) is 0 Å². The molecule has 0 saturated carbocycles. The van der Waals surface area contributed by atoms with E-state index in [1.807, 2.05) is 0 Å². The lowest BCUT2D eigenvalue weighted by Gasteiger charge is -2.17. The van der Waals surface area contributed by atoms with E-state index in [0.717, 1.165) is 43.4 Å². The van der Waals surface area contributed by atoms with Gasteiger partial charge in [-0.15, -0.1) is 0 Å². The Labute approximate surface area is 112 Å². The minimum atomic E-state index is -4.29. The summed E-state index contributed by atoms with van der Waals surface area (Å²) >= 11 is 0. The summed E-state index contributed by atoms with van der Waals surface area (Å²) in [6.07, 6.45) is 1.01. The maximum absolute atomic E-state index is 12.4. The van der Waals surface area contributed by atoms with Gasteiger partial charge < -0.3 is 0 Å². The maximum atomic E-state index is 12.4. The van der Waals surface area contributed by atoms with Gasteiger partial charge in [-0.3, -0.25) is 11.3 Å². The smallest absolute Gasteiger partial charge is 0.271 e. The van der Waals surface area contributed by atoms with Crippen LogP contribution in [0.4, 0.5) is 13.2 Å². The minimum Gasteiger partial charge on any atom is -0.271 e. The van der Waals surface area contributed by atoms with E-state index >= 15 is 0 Å². The fourth-order valence-corrected chi connectivity index (χ4v) is 2.03. The van der Waals surface area contributed by atoms with Crippen molar-refractivity contribution in [2.24, 2.45) is 5.84 Å². The van der Waals surface area contributed by atoms with Crippen LogP contribution < -0.4 is 11.3 Å². The van der Waals surface area contributed by atoms with Gasteiger partial charge in [-0.2, -0.15) is 13.2 Å². The number of halogens is 3. The van der Waals surface area contributed by atoms with Gasteiger partial charge in [0.05, 0.1) is 5.56 Å². The van der Waals surface area contributed by atoms with Crippen molar-refractivity contribution in [2.75, 3.05) is 0 Å². The molecule has 2 nitrogen and oxygen atoms in total. The Morgan fingerprint density at radius 3 is 2.21 bits per heavy atom. The minimum absolute atomic E-state index is 0.0841. The van der Waals surface area contributed by atoms with Gasteiger partial charge in [-0.1, -0.05) is 44.7 Å². The van der Waals surface area contributed by atoms with E-state index in [1.165, 1.54) is 18.6 Å². The van der Waals surface area contributed by atoms with Crippen LogP contribution >= 0.6 is 0 Å². The predicted octanol–water partition coefficient (Wildman–Crippen LogP) is 4.18. The molecule has 3 N–H and O–H groups in total. The predicted molar refractivity (Wildman–Crippen MR) is 70.3 cm³/mol. The molecule has 0 heterocycles. The number of nitrogens with one attached hydrogen (secondary N) is 1. The second-order valence-electron chi connectivity index (χ2n) is 4.69. The van der Waals surface area contributed by atoms with E-state index in [9.17, 15) is 13.2 Å². The highest BCUT2D eigenvalue weighted by molar-refractivity contribution is 5.26. The van der Waals surface area contributed by atoms with Crippen molar-refractivity contribution in [3.8, 4) is 0 Å². The summed E-state index contributed by atoms with van der Waals surface area (Å²) in [6, 6.07) is 5.11. The molecular formula is C14H21F3N2. The lowest BCUT2D eigenvalue weighted by molar-refractivity contribution is -0.137. The van der Waals surface area contributed by atoms with Crippen LogP contribution in [0.2, 0.25) is 0 Å². The monoisotopic (exact) mass is 274 g/mol. The Morgan fingerprint density at radius 1 is 1.11 bits per heavy atom. The van der Waals surface area contributed by atoms with Crippen LogP contribution in [0, 0.1) is 0 Å². The number of nitrogens with two attached hydrogens (primary N) is 1. The second kappa shape index (κ2) is 7.50. The van der Waals surface area contributed by atoms with Gasteiger partial charge in [-0.05, 0) is 24.1 Å². The SMILES string of the molecule is CCCCCCC(NN)c1ccc(C(F)(F)F)cc1. The third-order valence-corrected chi connectivity index (χ3v) is 3.19. The highest BCUT2D eigenvalue weighted by atomic mass is 19.4. The second-order valence-corrected chi connectivity index (χ2v) is 4.69. The molecule has 0 aliphatic heterocycles. The summed E-state index contributed by atoms with van der Waals surface area (Å²) in [4.78, 5) is 0. The van der Waals surface area contributed by atoms with Crippen molar-refractivity contribution in [3.63, 3.8) is 0 Å². The molecule has 0 aliphatic carbocycles. The van der Waals surface area contributed by atoms with Gasteiger partial charge in [-0.25, -0.2) is 0 Å². The van der Waals surface area contributed by atoms with Crippen LogP contribution in [-0.2, 0) is 6.18 Å². The van der Waals surface area contributed by atoms with E-state index in [2.05, 4.69) is 12.3 Å². The molecule has 0 spiro atoms. The van der Waals surface area contributed by atoms with Crippen molar-refractivity contribution in [1.29, 1.82) is 0 Å². The zero-order chi connectivity index (χ0) is 14.3. The Balaban J connectivity index is 2.61. The lowest BCUT2D eigenvalue weighted by Crippen LogP contribution is -2.28. The first-order valence-corrected chi connectivity index (χ1v) is 6.62. The molecule has 0 aromatic heterocycles. The van der Waals surface area contributed by atoms with Gasteiger partial charge in [0.25, 0.3) is 0 Å². The highest BCUT2D eigenvalue weighted by Gasteiger charge is 2.30. The Morgan fingerprint density at radius 2 is 1.74 bits per heavy atom. The van der Waals surface area contributed by atoms with Gasteiger partial charge >= 0.3 is 6.18 Å². The quantitative estimate of drug-likeness (QED) is 0.444. The molecule has 0 saturated heterocycles. The van der Waals surface area contributed by atoms with Crippen molar-refractivity contribution in [3.05, 3.63) is 35.4 Å². The molecule has 0 amide bonds. The van der Waals surface area contributed by atoms with E-state index < -0.39 is 11.7 Å². The summed E-state index contributed by atoms with van der Waals surface area (Å²) in [5.41, 5.74) is 2.84. The first-order valence-electron chi connectivity index (χ1n) is 6.62. The first-order chi connectivity index (χ1) is 8.99. The van der Waals surface area contributed by atoms with Crippen molar-refractivity contribution in [1.82, 2.24) is 5.43 Å². The maximum Gasteiger partial charge on any atom is 0.416 e. The van der Waals surface area contributed by atoms with Crippen molar-refractivity contribution < 1.29 is 13.2 Å². The summed E-state index contributed by atoms with van der Waals surface area (Å²) in [5.74, 6) is 5.47. The van der Waals surface area contributed by atoms with E-state index in [-0.39, 0.29) is 6.04 Å². The number of hydrogen-bond acceptors (Lipinski definition) is 2. The molecule has 0 fully saturated rings. The third-order valence-electron chi connectivity index (χ3n) is 3.19. The van der Waals surface area contributed by atoms with Crippen LogP contribution in [0.15, 0.2) is 24.3 Å². The average Bonchev–Trinajstić information content (AvgIpc) is 2.38. The fourth-order valence-electron chi connectivity index (χ4n) is 2.03. The lowest BCUT2D eigenvalue weighted by atomic mass is 9.99. The normalized spacial score (nSPS) is 13.5. The molecule has 1 aromatic rings. The summed E-state index contributed by atoms with van der Waals surface area (Å²) < 4.78 is 37.3. The molecule has 0 radical (unpaired) electrons. The van der Waals surface area contributed by atoms with Crippen molar-refractivity contribution in [2.45, 2.75) is 51.2 Å². The number of alkyl halides is 3. The largest absolute Gasteiger partial charge is 0.416 e. The van der Waals surface area contributed by atoms with Crippen LogP contribution in [0.3, 0.4) is 0 Å². The van der Waals surface area contributed by atoms with Crippen LogP contribution in [0.1, 0.15) is 56.2 Å². The van der Waals surface area contributed by atoms with Gasteiger partial charge in [0.15, 0.2) is 0 Å². The van der Waals surface area contributed by atoms with Gasteiger partial charge in [0.2, 0.25) is 0 Å². The standard InChI is InChI=1S/C14H21F3N2/c1-2-3-4-5-6-13(19-18)11-7-9-12(10-8-11)14(15,16)17/h7-10,13,19H,2-6,18H2,1H3. The average molecular weight is 274 g/mol. The number of rotatable bonds is 7. The molecule has 1 unspecified atom stereocenters. The van der Waals surface area contributed by atoms with Gasteiger partial charge in [0, 0.05) is 6.04 Å². The highest BCUT2D eigenvalue weighted by Crippen LogP contribution is 2.30. The van der Waals surface area contributed by atoms with Crippen LogP contribution in [0.5, 0.6) is 0 Å². The molecule has 1 rings (SSSR count). The van der Waals surface area contributed by atoms with Gasteiger partial charge in [0.1, 0.15) is 0 Å². The Bertz CT molecular complexity index is 360. The molecular weight excluding hydrogens is 253 g/mol. The molecule has 108 valence electrons. The zero-order valence-electron chi connectivity index (χ0n) is 11.1. The Kier molecular flexibility index (Phi) is 6.31. The number of unbranched alkanes of at least 4 members (excludes halogenated alkanes) is 3. The molecule has 5 heteroatoms. The third kappa shape index (κ3) is 5.20. The van der Waals surface area contributed by atoms with E-state index in [4.69, 9.17) is 5.84 Å². The molecule has 1 atom stereocenters. The molecule has 19 heavy (non-hydrogen) atoms. The van der Waals surface area contributed by atoms with E-state index in [1.54, 1.807) is 0 Å². The number of hydrazine groups is 1. The van der Waals surface area contributed by atoms with E-state index in [0.29, 0.717) is 0 Å². The molecule has 1 aromatic carbocycles. The van der Waals surface area contributed by atoms with Crippen molar-refractivity contribution >= 4 is 0 Å².